The van der Waals surface area contributed by atoms with Gasteiger partial charge in [-0.1, -0.05) is 11.6 Å². The van der Waals surface area contributed by atoms with Gasteiger partial charge in [-0.25, -0.2) is 4.39 Å². The number of carboxylic acid groups (broad SMARTS) is 1. The molecule has 0 atom stereocenters. The Morgan fingerprint density at radius 2 is 1.95 bits per heavy atom. The van der Waals surface area contributed by atoms with E-state index < -0.39 is 16.9 Å². The first-order valence-corrected chi connectivity index (χ1v) is 6.38. The largest absolute Gasteiger partial charge is 0.481 e. The highest BCUT2D eigenvalue weighted by Crippen LogP contribution is 2.31. The van der Waals surface area contributed by atoms with E-state index in [4.69, 9.17) is 11.6 Å². The van der Waals surface area contributed by atoms with Crippen molar-refractivity contribution in [3.63, 3.8) is 0 Å². The van der Waals surface area contributed by atoms with Crippen molar-refractivity contribution in [2.45, 2.75) is 39.8 Å². The van der Waals surface area contributed by atoms with E-state index in [0.29, 0.717) is 10.6 Å². The van der Waals surface area contributed by atoms with E-state index in [9.17, 15) is 14.3 Å². The first-order valence-electron chi connectivity index (χ1n) is 6.00. The molecule has 0 aromatic heterocycles. The molecule has 0 heterocycles. The molecule has 1 rings (SSSR count). The van der Waals surface area contributed by atoms with Crippen molar-refractivity contribution in [2.24, 2.45) is 5.41 Å². The summed E-state index contributed by atoms with van der Waals surface area (Å²) in [7, 11) is 0. The molecule has 0 aliphatic heterocycles. The number of carbonyl (C=O) groups is 1. The molecule has 0 radical (unpaired) electrons. The third kappa shape index (κ3) is 3.45. The smallest absolute Gasteiger partial charge is 0.310 e. The molecule has 0 unspecified atom stereocenters. The molecule has 106 valence electrons. The van der Waals surface area contributed by atoms with Crippen molar-refractivity contribution in [1.82, 2.24) is 5.32 Å². The molecule has 0 amide bonds. The average Bonchev–Trinajstić information content (AvgIpc) is 2.30. The van der Waals surface area contributed by atoms with Gasteiger partial charge in [0.15, 0.2) is 0 Å². The van der Waals surface area contributed by atoms with E-state index in [1.807, 2.05) is 0 Å². The van der Waals surface area contributed by atoms with Gasteiger partial charge in [-0.15, -0.1) is 0 Å². The predicted octanol–water partition coefficient (Wildman–Crippen LogP) is 3.46. The van der Waals surface area contributed by atoms with Gasteiger partial charge < -0.3 is 10.4 Å². The maximum atomic E-state index is 13.6. The zero-order chi connectivity index (χ0) is 14.8. The highest BCUT2D eigenvalue weighted by Gasteiger charge is 2.43. The lowest BCUT2D eigenvalue weighted by Gasteiger charge is -2.39. The highest BCUT2D eigenvalue weighted by atomic mass is 35.5. The Labute approximate surface area is 117 Å². The Hall–Kier alpha value is -1.13. The van der Waals surface area contributed by atoms with Crippen molar-refractivity contribution in [2.75, 3.05) is 0 Å². The molecule has 0 saturated heterocycles. The van der Waals surface area contributed by atoms with E-state index in [0.717, 1.165) is 0 Å². The van der Waals surface area contributed by atoms with Gasteiger partial charge in [0, 0.05) is 22.7 Å². The summed E-state index contributed by atoms with van der Waals surface area (Å²) in [5.41, 5.74) is -1.27. The van der Waals surface area contributed by atoms with Gasteiger partial charge in [0.05, 0.1) is 5.41 Å². The molecule has 19 heavy (non-hydrogen) atoms. The third-order valence-corrected chi connectivity index (χ3v) is 4.06. The third-order valence-electron chi connectivity index (χ3n) is 3.83. The van der Waals surface area contributed by atoms with Crippen LogP contribution in [0.5, 0.6) is 0 Å². The quantitative estimate of drug-likeness (QED) is 0.872. The number of carboxylic acids is 1. The van der Waals surface area contributed by atoms with Crippen LogP contribution in [0.15, 0.2) is 18.2 Å². The molecule has 0 bridgehead atoms. The second-order valence-corrected chi connectivity index (χ2v) is 6.08. The van der Waals surface area contributed by atoms with Gasteiger partial charge in [-0.2, -0.15) is 0 Å². The van der Waals surface area contributed by atoms with Crippen LogP contribution < -0.4 is 5.32 Å². The van der Waals surface area contributed by atoms with E-state index >= 15 is 0 Å². The topological polar surface area (TPSA) is 49.3 Å². The summed E-state index contributed by atoms with van der Waals surface area (Å²) in [5, 5.41) is 12.8. The predicted molar refractivity (Wildman–Crippen MR) is 73.7 cm³/mol. The molecular formula is C14H19ClFNO2. The van der Waals surface area contributed by atoms with Crippen LogP contribution in [-0.2, 0) is 11.3 Å². The summed E-state index contributed by atoms with van der Waals surface area (Å²) in [5.74, 6) is -1.27. The number of benzene rings is 1. The summed E-state index contributed by atoms with van der Waals surface area (Å²) >= 11 is 5.82. The highest BCUT2D eigenvalue weighted by molar-refractivity contribution is 6.30. The van der Waals surface area contributed by atoms with Crippen molar-refractivity contribution in [3.05, 3.63) is 34.6 Å². The zero-order valence-corrected chi connectivity index (χ0v) is 12.3. The maximum absolute atomic E-state index is 13.6. The lowest BCUT2D eigenvalue weighted by atomic mass is 9.74. The van der Waals surface area contributed by atoms with Crippen LogP contribution >= 0.6 is 11.6 Å². The zero-order valence-electron chi connectivity index (χ0n) is 11.6. The van der Waals surface area contributed by atoms with Gasteiger partial charge in [0.1, 0.15) is 5.82 Å². The van der Waals surface area contributed by atoms with Crippen LogP contribution in [0.3, 0.4) is 0 Å². The fraction of sp³-hybridized carbons (Fsp3) is 0.500. The van der Waals surface area contributed by atoms with E-state index in [1.54, 1.807) is 27.7 Å². The maximum Gasteiger partial charge on any atom is 0.310 e. The van der Waals surface area contributed by atoms with Crippen LogP contribution in [0.1, 0.15) is 33.3 Å². The SMILES string of the molecule is CC(C)(NCc1cc(Cl)ccc1F)C(C)(C)C(=O)O. The number of hydrogen-bond acceptors (Lipinski definition) is 2. The minimum atomic E-state index is -0.984. The van der Waals surface area contributed by atoms with Gasteiger partial charge in [0.2, 0.25) is 0 Å². The van der Waals surface area contributed by atoms with Crippen LogP contribution in [0.4, 0.5) is 4.39 Å². The van der Waals surface area contributed by atoms with Gasteiger partial charge >= 0.3 is 5.97 Å². The van der Waals surface area contributed by atoms with Crippen molar-refractivity contribution in [1.29, 1.82) is 0 Å². The second kappa shape index (κ2) is 5.47. The molecular weight excluding hydrogens is 269 g/mol. The number of hydrogen-bond donors (Lipinski definition) is 2. The molecule has 2 N–H and O–H groups in total. The van der Waals surface area contributed by atoms with E-state index in [2.05, 4.69) is 5.32 Å². The fourth-order valence-electron chi connectivity index (χ4n) is 1.48. The van der Waals surface area contributed by atoms with Crippen molar-refractivity contribution in [3.8, 4) is 0 Å². The summed E-state index contributed by atoms with van der Waals surface area (Å²) < 4.78 is 13.6. The first-order chi connectivity index (χ1) is 8.58. The van der Waals surface area contributed by atoms with Gasteiger partial charge in [0.25, 0.3) is 0 Å². The summed E-state index contributed by atoms with van der Waals surface area (Å²) in [4.78, 5) is 11.3. The Kier molecular flexibility index (Phi) is 4.59. The Morgan fingerprint density at radius 1 is 1.37 bits per heavy atom. The molecule has 0 fully saturated rings. The molecule has 1 aromatic rings. The number of aliphatic carboxylic acids is 1. The Bertz CT molecular complexity index is 486. The van der Waals surface area contributed by atoms with Crippen LogP contribution in [-0.4, -0.2) is 16.6 Å². The molecule has 0 spiro atoms. The van der Waals surface area contributed by atoms with Crippen LogP contribution in [0.25, 0.3) is 0 Å². The van der Waals surface area contributed by atoms with Crippen LogP contribution in [0, 0.1) is 11.2 Å². The molecule has 0 aliphatic rings. The van der Waals surface area contributed by atoms with Crippen LogP contribution in [0.2, 0.25) is 5.02 Å². The number of halogens is 2. The molecule has 0 saturated carbocycles. The van der Waals surface area contributed by atoms with Gasteiger partial charge in [-0.3, -0.25) is 4.79 Å². The number of rotatable bonds is 5. The standard InChI is InChI=1S/C14H19ClFNO2/c1-13(2,12(18)19)14(3,4)17-8-9-7-10(15)5-6-11(9)16/h5-7,17H,8H2,1-4H3,(H,18,19). The second-order valence-electron chi connectivity index (χ2n) is 5.64. The Morgan fingerprint density at radius 3 is 2.47 bits per heavy atom. The number of nitrogens with one attached hydrogen (secondary N) is 1. The van der Waals surface area contributed by atoms with Gasteiger partial charge in [-0.05, 0) is 45.9 Å². The lowest BCUT2D eigenvalue weighted by molar-refractivity contribution is -0.151. The summed E-state index contributed by atoms with van der Waals surface area (Å²) in [6, 6.07) is 4.31. The molecule has 1 aromatic carbocycles. The minimum absolute atomic E-state index is 0.218. The Balaban J connectivity index is 2.86. The van der Waals surface area contributed by atoms with E-state index in [-0.39, 0.29) is 12.4 Å². The van der Waals surface area contributed by atoms with E-state index in [1.165, 1.54) is 18.2 Å². The summed E-state index contributed by atoms with van der Waals surface area (Å²) in [6.45, 7) is 7.05. The molecule has 3 nitrogen and oxygen atoms in total. The fourth-order valence-corrected chi connectivity index (χ4v) is 1.68. The first kappa shape index (κ1) is 15.9. The monoisotopic (exact) mass is 287 g/mol. The average molecular weight is 288 g/mol. The normalized spacial score (nSPS) is 12.5. The molecule has 5 heteroatoms. The van der Waals surface area contributed by atoms with Crippen molar-refractivity contribution >= 4 is 17.6 Å². The summed E-state index contributed by atoms with van der Waals surface area (Å²) in [6.07, 6.45) is 0. The lowest BCUT2D eigenvalue weighted by Crippen LogP contribution is -2.54. The molecule has 0 aliphatic carbocycles. The van der Waals surface area contributed by atoms with Crippen molar-refractivity contribution < 1.29 is 14.3 Å². The minimum Gasteiger partial charge on any atom is -0.481 e.